The number of hydrogen-bond acceptors (Lipinski definition) is 4. The maximum atomic E-state index is 11.8. The summed E-state index contributed by atoms with van der Waals surface area (Å²) in [6.45, 7) is 3.99. The number of rotatable bonds is 3. The SMILES string of the molecule is CCC1C(=O)NC(=O)CN1c1ccc(CO)c(C)c1. The number of carbonyl (C=O) groups is 2. The van der Waals surface area contributed by atoms with E-state index in [1.54, 1.807) is 0 Å². The third-order valence-corrected chi connectivity index (χ3v) is 3.47. The van der Waals surface area contributed by atoms with Gasteiger partial charge in [-0.15, -0.1) is 0 Å². The summed E-state index contributed by atoms with van der Waals surface area (Å²) in [7, 11) is 0. The molecule has 0 radical (unpaired) electrons. The molecular weight excluding hydrogens is 244 g/mol. The molecule has 1 aliphatic heterocycles. The second-order valence-electron chi connectivity index (χ2n) is 4.73. The van der Waals surface area contributed by atoms with Crippen LogP contribution in [0.1, 0.15) is 24.5 Å². The molecule has 0 bridgehead atoms. The highest BCUT2D eigenvalue weighted by Gasteiger charge is 2.32. The van der Waals surface area contributed by atoms with Gasteiger partial charge in [0.2, 0.25) is 11.8 Å². The molecule has 0 aromatic heterocycles. The van der Waals surface area contributed by atoms with Gasteiger partial charge in [0.05, 0.1) is 13.2 Å². The summed E-state index contributed by atoms with van der Waals surface area (Å²) < 4.78 is 0. The van der Waals surface area contributed by atoms with Crippen LogP contribution in [0.25, 0.3) is 0 Å². The number of hydrogen-bond donors (Lipinski definition) is 2. The minimum atomic E-state index is -0.322. The van der Waals surface area contributed by atoms with E-state index in [0.717, 1.165) is 16.8 Å². The van der Waals surface area contributed by atoms with Crippen LogP contribution in [0.5, 0.6) is 0 Å². The van der Waals surface area contributed by atoms with Gasteiger partial charge in [0, 0.05) is 5.69 Å². The molecule has 1 heterocycles. The standard InChI is InChI=1S/C14H18N2O3/c1-3-12-14(19)15-13(18)7-16(12)11-5-4-10(8-17)9(2)6-11/h4-6,12,17H,3,7-8H2,1-2H3,(H,15,18,19). The number of benzene rings is 1. The number of piperazine rings is 1. The van der Waals surface area contributed by atoms with Gasteiger partial charge in [-0.05, 0) is 36.6 Å². The van der Waals surface area contributed by atoms with Crippen LogP contribution in [0.4, 0.5) is 5.69 Å². The van der Waals surface area contributed by atoms with Crippen LogP contribution < -0.4 is 10.2 Å². The van der Waals surface area contributed by atoms with E-state index in [1.165, 1.54) is 0 Å². The second-order valence-corrected chi connectivity index (χ2v) is 4.73. The molecule has 2 amide bonds. The van der Waals surface area contributed by atoms with Gasteiger partial charge in [-0.3, -0.25) is 14.9 Å². The van der Waals surface area contributed by atoms with Crippen LogP contribution in [-0.2, 0) is 16.2 Å². The van der Waals surface area contributed by atoms with Crippen LogP contribution in [0.15, 0.2) is 18.2 Å². The number of aliphatic hydroxyl groups is 1. The molecule has 102 valence electrons. The van der Waals surface area contributed by atoms with Crippen molar-refractivity contribution in [1.29, 1.82) is 0 Å². The third-order valence-electron chi connectivity index (χ3n) is 3.47. The van der Waals surface area contributed by atoms with Crippen molar-refractivity contribution in [2.75, 3.05) is 11.4 Å². The smallest absolute Gasteiger partial charge is 0.249 e. The van der Waals surface area contributed by atoms with E-state index in [2.05, 4.69) is 5.32 Å². The van der Waals surface area contributed by atoms with Crippen molar-refractivity contribution in [2.45, 2.75) is 32.9 Å². The lowest BCUT2D eigenvalue weighted by molar-refractivity contribution is -0.132. The lowest BCUT2D eigenvalue weighted by atomic mass is 10.0. The van der Waals surface area contributed by atoms with E-state index in [-0.39, 0.29) is 31.0 Å². The van der Waals surface area contributed by atoms with Gasteiger partial charge in [-0.2, -0.15) is 0 Å². The van der Waals surface area contributed by atoms with Crippen LogP contribution in [0.3, 0.4) is 0 Å². The van der Waals surface area contributed by atoms with Crippen LogP contribution in [-0.4, -0.2) is 29.5 Å². The lowest BCUT2D eigenvalue weighted by Gasteiger charge is -2.35. The van der Waals surface area contributed by atoms with Crippen molar-refractivity contribution in [3.05, 3.63) is 29.3 Å². The number of imide groups is 1. The topological polar surface area (TPSA) is 69.6 Å². The average molecular weight is 262 g/mol. The summed E-state index contributed by atoms with van der Waals surface area (Å²) in [6, 6.07) is 5.25. The van der Waals surface area contributed by atoms with Crippen molar-refractivity contribution < 1.29 is 14.7 Å². The minimum Gasteiger partial charge on any atom is -0.392 e. The quantitative estimate of drug-likeness (QED) is 0.788. The largest absolute Gasteiger partial charge is 0.392 e. The molecule has 1 aromatic carbocycles. The zero-order chi connectivity index (χ0) is 14.0. The molecule has 2 rings (SSSR count). The van der Waals surface area contributed by atoms with Gasteiger partial charge in [-0.1, -0.05) is 13.0 Å². The molecule has 5 nitrogen and oxygen atoms in total. The van der Waals surface area contributed by atoms with Gasteiger partial charge >= 0.3 is 0 Å². The molecule has 0 aliphatic carbocycles. The van der Waals surface area contributed by atoms with Gasteiger partial charge in [-0.25, -0.2) is 0 Å². The van der Waals surface area contributed by atoms with E-state index in [0.29, 0.717) is 6.42 Å². The number of amides is 2. The molecular formula is C14H18N2O3. The number of carbonyl (C=O) groups excluding carboxylic acids is 2. The molecule has 5 heteroatoms. The maximum absolute atomic E-state index is 11.8. The summed E-state index contributed by atoms with van der Waals surface area (Å²) in [5.41, 5.74) is 2.64. The second kappa shape index (κ2) is 5.40. The van der Waals surface area contributed by atoms with Crippen molar-refractivity contribution in [1.82, 2.24) is 5.32 Å². The number of anilines is 1. The van der Waals surface area contributed by atoms with Gasteiger partial charge < -0.3 is 10.0 Å². The number of nitrogens with zero attached hydrogens (tertiary/aromatic N) is 1. The van der Waals surface area contributed by atoms with Crippen molar-refractivity contribution in [2.24, 2.45) is 0 Å². The molecule has 0 saturated carbocycles. The lowest BCUT2D eigenvalue weighted by Crippen LogP contribution is -2.58. The van der Waals surface area contributed by atoms with Crippen molar-refractivity contribution in [3.8, 4) is 0 Å². The fourth-order valence-corrected chi connectivity index (χ4v) is 2.38. The first-order chi connectivity index (χ1) is 9.06. The summed E-state index contributed by atoms with van der Waals surface area (Å²) in [4.78, 5) is 25.1. The molecule has 2 N–H and O–H groups in total. The molecule has 1 aliphatic rings. The van der Waals surface area contributed by atoms with Crippen LogP contribution in [0, 0.1) is 6.92 Å². The van der Waals surface area contributed by atoms with E-state index < -0.39 is 0 Å². The Morgan fingerprint density at radius 1 is 1.42 bits per heavy atom. The van der Waals surface area contributed by atoms with E-state index in [4.69, 9.17) is 0 Å². The highest BCUT2D eigenvalue weighted by atomic mass is 16.3. The molecule has 1 aromatic rings. The predicted octanol–water partition coefficient (Wildman–Crippen LogP) is 0.729. The molecule has 1 saturated heterocycles. The van der Waals surface area contributed by atoms with Crippen molar-refractivity contribution >= 4 is 17.5 Å². The van der Waals surface area contributed by atoms with E-state index in [9.17, 15) is 14.7 Å². The summed E-state index contributed by atoms with van der Waals surface area (Å²) in [5, 5.41) is 11.5. The Kier molecular flexibility index (Phi) is 3.85. The monoisotopic (exact) mass is 262 g/mol. The van der Waals surface area contributed by atoms with Gasteiger partial charge in [0.15, 0.2) is 0 Å². The number of aliphatic hydroxyl groups excluding tert-OH is 1. The predicted molar refractivity (Wildman–Crippen MR) is 71.7 cm³/mol. The Hall–Kier alpha value is -1.88. The molecule has 1 atom stereocenters. The molecule has 0 spiro atoms. The fourth-order valence-electron chi connectivity index (χ4n) is 2.38. The first-order valence-corrected chi connectivity index (χ1v) is 6.37. The Balaban J connectivity index is 2.35. The third kappa shape index (κ3) is 2.61. The van der Waals surface area contributed by atoms with Crippen LogP contribution >= 0.6 is 0 Å². The zero-order valence-electron chi connectivity index (χ0n) is 11.1. The minimum absolute atomic E-state index is 0.0112. The van der Waals surface area contributed by atoms with Crippen molar-refractivity contribution in [3.63, 3.8) is 0 Å². The van der Waals surface area contributed by atoms with Gasteiger partial charge in [0.25, 0.3) is 0 Å². The summed E-state index contributed by atoms with van der Waals surface area (Å²) in [5.74, 6) is -0.527. The first kappa shape index (κ1) is 13.5. The normalized spacial score (nSPS) is 19.5. The molecule has 1 unspecified atom stereocenters. The highest BCUT2D eigenvalue weighted by Crippen LogP contribution is 2.23. The van der Waals surface area contributed by atoms with E-state index >= 15 is 0 Å². The Bertz CT molecular complexity index is 513. The van der Waals surface area contributed by atoms with E-state index in [1.807, 2.05) is 36.9 Å². The summed E-state index contributed by atoms with van der Waals surface area (Å²) in [6.07, 6.45) is 0.639. The number of nitrogens with one attached hydrogen (secondary N) is 1. The first-order valence-electron chi connectivity index (χ1n) is 6.37. The van der Waals surface area contributed by atoms with Crippen LogP contribution in [0.2, 0.25) is 0 Å². The Labute approximate surface area is 112 Å². The molecule has 19 heavy (non-hydrogen) atoms. The Morgan fingerprint density at radius 3 is 2.74 bits per heavy atom. The van der Waals surface area contributed by atoms with Gasteiger partial charge in [0.1, 0.15) is 6.04 Å². The zero-order valence-corrected chi connectivity index (χ0v) is 11.1. The Morgan fingerprint density at radius 2 is 2.16 bits per heavy atom. The number of aryl methyl sites for hydroxylation is 1. The fraction of sp³-hybridized carbons (Fsp3) is 0.429. The highest BCUT2D eigenvalue weighted by molar-refractivity contribution is 6.04. The molecule has 1 fully saturated rings. The average Bonchev–Trinajstić information content (AvgIpc) is 2.37. The maximum Gasteiger partial charge on any atom is 0.249 e. The summed E-state index contributed by atoms with van der Waals surface area (Å²) >= 11 is 0.